The number of hydrogen-bond donors (Lipinski definition) is 1. The van der Waals surface area contributed by atoms with Gasteiger partial charge in [-0.2, -0.15) is 13.2 Å². The molecule has 0 spiro atoms. The summed E-state index contributed by atoms with van der Waals surface area (Å²) >= 11 is 0. The first-order valence-electron chi connectivity index (χ1n) is 14.5. The lowest BCUT2D eigenvalue weighted by Gasteiger charge is -2.57. The van der Waals surface area contributed by atoms with Crippen LogP contribution in [0.1, 0.15) is 88.8 Å². The molecule has 4 fully saturated rings. The largest absolute Gasteiger partial charge is 0.417 e. The van der Waals surface area contributed by atoms with Gasteiger partial charge in [0.05, 0.1) is 6.04 Å². The summed E-state index contributed by atoms with van der Waals surface area (Å²) in [5, 5.41) is 3.30. The lowest BCUT2D eigenvalue weighted by Crippen LogP contribution is -2.56. The standard InChI is InChI=1S/C31H43F3N2O2/c1-19(21-7-5-20(6-8-21)18-35-3)36-28(37)27-12-11-26-25-10-9-22-17-30(38-4,31(32,33)34)16-14-23(22)24(25)13-15-29(26,27)2/h5-8,18-19,22-27H,9-17H2,1-4H3,(H,36,37)/t19-,22+,23-,24+,25+,26-,27+,29-,30+/m0/s1. The molecule has 4 saturated carbocycles. The summed E-state index contributed by atoms with van der Waals surface area (Å²) < 4.78 is 46.9. The van der Waals surface area contributed by atoms with E-state index < -0.39 is 11.8 Å². The summed E-state index contributed by atoms with van der Waals surface area (Å²) in [4.78, 5) is 17.6. The molecule has 0 aliphatic heterocycles. The van der Waals surface area contributed by atoms with Gasteiger partial charge in [-0.05, 0) is 111 Å². The second-order valence-corrected chi connectivity index (χ2v) is 12.8. The third-order valence-electron chi connectivity index (χ3n) is 11.3. The number of hydrogen-bond acceptors (Lipinski definition) is 3. The van der Waals surface area contributed by atoms with Crippen LogP contribution in [0.4, 0.5) is 13.2 Å². The number of halogens is 3. The highest BCUT2D eigenvalue weighted by Gasteiger charge is 2.63. The van der Waals surface area contributed by atoms with Gasteiger partial charge in [0.1, 0.15) is 0 Å². The van der Waals surface area contributed by atoms with E-state index in [0.717, 1.165) is 49.7 Å². The van der Waals surface area contributed by atoms with E-state index in [9.17, 15) is 18.0 Å². The number of ether oxygens (including phenoxy) is 1. The molecule has 0 heterocycles. The number of nitrogens with zero attached hydrogens (tertiary/aromatic N) is 1. The summed E-state index contributed by atoms with van der Waals surface area (Å²) in [5.74, 6) is 2.10. The van der Waals surface area contributed by atoms with Crippen molar-refractivity contribution in [3.63, 3.8) is 0 Å². The summed E-state index contributed by atoms with van der Waals surface area (Å²) in [7, 11) is 2.98. The Morgan fingerprint density at radius 1 is 1.05 bits per heavy atom. The fourth-order valence-electron chi connectivity index (χ4n) is 9.27. The van der Waals surface area contributed by atoms with Crippen LogP contribution in [0.2, 0.25) is 0 Å². The van der Waals surface area contributed by atoms with Gasteiger partial charge in [-0.1, -0.05) is 31.2 Å². The SMILES string of the molecule is CN=Cc1ccc([C@H](C)NC(=O)[C@H]2CC[C@H]3[C@@H]4CC[C@@H]5C[C@@](OC)(C(F)(F)F)CC[C@@H]5[C@H]4CC[C@]23C)cc1. The van der Waals surface area contributed by atoms with Crippen LogP contribution in [0.15, 0.2) is 29.3 Å². The molecule has 4 aliphatic rings. The predicted molar refractivity (Wildman–Crippen MR) is 143 cm³/mol. The van der Waals surface area contributed by atoms with Crippen LogP contribution in [0.25, 0.3) is 0 Å². The number of alkyl halides is 3. The van der Waals surface area contributed by atoms with E-state index in [1.807, 2.05) is 37.4 Å². The van der Waals surface area contributed by atoms with Crippen molar-refractivity contribution < 1.29 is 22.7 Å². The molecule has 210 valence electrons. The Kier molecular flexibility index (Phi) is 7.47. The average molecular weight is 533 g/mol. The van der Waals surface area contributed by atoms with Crippen LogP contribution in [0.5, 0.6) is 0 Å². The predicted octanol–water partition coefficient (Wildman–Crippen LogP) is 7.13. The summed E-state index contributed by atoms with van der Waals surface area (Å²) in [5.41, 5.74) is 0.116. The first-order valence-corrected chi connectivity index (χ1v) is 14.5. The Morgan fingerprint density at radius 3 is 2.42 bits per heavy atom. The fourth-order valence-corrected chi connectivity index (χ4v) is 9.27. The fraction of sp³-hybridized carbons (Fsp3) is 0.742. The lowest BCUT2D eigenvalue weighted by atomic mass is 9.49. The van der Waals surface area contributed by atoms with E-state index in [0.29, 0.717) is 30.1 Å². The maximum atomic E-state index is 13.9. The zero-order valence-electron chi connectivity index (χ0n) is 23.2. The molecular formula is C31H43F3N2O2. The van der Waals surface area contributed by atoms with Crippen LogP contribution in [0.3, 0.4) is 0 Å². The van der Waals surface area contributed by atoms with Crippen LogP contribution in [-0.2, 0) is 9.53 Å². The van der Waals surface area contributed by atoms with Crippen molar-refractivity contribution in [2.75, 3.05) is 14.2 Å². The second kappa shape index (κ2) is 10.3. The van der Waals surface area contributed by atoms with Crippen molar-refractivity contribution in [3.05, 3.63) is 35.4 Å². The highest BCUT2D eigenvalue weighted by Crippen LogP contribution is 2.65. The first kappa shape index (κ1) is 27.7. The van der Waals surface area contributed by atoms with Gasteiger partial charge in [-0.3, -0.25) is 9.79 Å². The number of fused-ring (bicyclic) bond motifs is 5. The number of carbonyl (C=O) groups is 1. The van der Waals surface area contributed by atoms with Gasteiger partial charge >= 0.3 is 6.18 Å². The third kappa shape index (κ3) is 4.61. The van der Waals surface area contributed by atoms with Gasteiger partial charge in [0, 0.05) is 26.3 Å². The minimum atomic E-state index is -4.32. The van der Waals surface area contributed by atoms with Gasteiger partial charge in [0.25, 0.3) is 0 Å². The molecule has 0 bridgehead atoms. The Morgan fingerprint density at radius 2 is 1.76 bits per heavy atom. The first-order chi connectivity index (χ1) is 18.0. The number of rotatable bonds is 5. The topological polar surface area (TPSA) is 50.7 Å². The average Bonchev–Trinajstić information content (AvgIpc) is 3.25. The molecular weight excluding hydrogens is 489 g/mol. The summed E-state index contributed by atoms with van der Waals surface area (Å²) in [6.07, 6.45) is 4.12. The van der Waals surface area contributed by atoms with E-state index in [1.54, 1.807) is 7.05 Å². The number of methoxy groups -OCH3 is 1. The summed E-state index contributed by atoms with van der Waals surface area (Å²) in [6, 6.07) is 8.07. The van der Waals surface area contributed by atoms with Crippen molar-refractivity contribution in [2.24, 2.45) is 45.9 Å². The van der Waals surface area contributed by atoms with Gasteiger partial charge in [-0.25, -0.2) is 0 Å². The Hall–Kier alpha value is -1.89. The molecule has 1 aromatic carbocycles. The molecule has 4 nitrogen and oxygen atoms in total. The summed E-state index contributed by atoms with van der Waals surface area (Å²) in [6.45, 7) is 4.36. The molecule has 7 heteroatoms. The molecule has 0 aromatic heterocycles. The second-order valence-electron chi connectivity index (χ2n) is 12.8. The molecule has 9 atom stereocenters. The maximum absolute atomic E-state index is 13.9. The van der Waals surface area contributed by atoms with Crippen molar-refractivity contribution in [1.29, 1.82) is 0 Å². The lowest BCUT2D eigenvalue weighted by molar-refractivity contribution is -0.291. The van der Waals surface area contributed by atoms with E-state index in [2.05, 4.69) is 17.2 Å². The van der Waals surface area contributed by atoms with Gasteiger partial charge in [0.15, 0.2) is 5.60 Å². The van der Waals surface area contributed by atoms with Crippen LogP contribution in [0, 0.1) is 40.9 Å². The quantitative estimate of drug-likeness (QED) is 0.410. The number of benzene rings is 1. The molecule has 1 amide bonds. The molecule has 0 radical (unpaired) electrons. The van der Waals surface area contributed by atoms with Crippen LogP contribution < -0.4 is 5.32 Å². The van der Waals surface area contributed by atoms with Crippen molar-refractivity contribution in [2.45, 2.75) is 89.5 Å². The van der Waals surface area contributed by atoms with Crippen LogP contribution in [-0.4, -0.2) is 38.1 Å². The minimum Gasteiger partial charge on any atom is -0.369 e. The van der Waals surface area contributed by atoms with Crippen molar-refractivity contribution in [3.8, 4) is 0 Å². The highest BCUT2D eigenvalue weighted by molar-refractivity contribution is 5.81. The molecule has 1 aromatic rings. The van der Waals surface area contributed by atoms with Gasteiger partial charge in [0.2, 0.25) is 5.91 Å². The Balaban J connectivity index is 1.25. The Labute approximate surface area is 225 Å². The molecule has 0 saturated heterocycles. The zero-order valence-corrected chi connectivity index (χ0v) is 23.2. The minimum absolute atomic E-state index is 0.00199. The van der Waals surface area contributed by atoms with Crippen molar-refractivity contribution >= 4 is 12.1 Å². The molecule has 0 unspecified atom stereocenters. The highest BCUT2D eigenvalue weighted by atomic mass is 19.4. The normalized spacial score (nSPS) is 39.8. The van der Waals surface area contributed by atoms with Gasteiger partial charge < -0.3 is 10.1 Å². The monoisotopic (exact) mass is 532 g/mol. The van der Waals surface area contributed by atoms with Crippen LogP contribution >= 0.6 is 0 Å². The number of carbonyl (C=O) groups excluding carboxylic acids is 1. The number of aliphatic imine (C=N–C) groups is 1. The molecule has 38 heavy (non-hydrogen) atoms. The number of amides is 1. The van der Waals surface area contributed by atoms with E-state index in [1.165, 1.54) is 7.11 Å². The van der Waals surface area contributed by atoms with E-state index in [4.69, 9.17) is 4.74 Å². The molecule has 1 N–H and O–H groups in total. The third-order valence-corrected chi connectivity index (χ3v) is 11.3. The van der Waals surface area contributed by atoms with Crippen molar-refractivity contribution in [1.82, 2.24) is 5.32 Å². The Bertz CT molecular complexity index is 1040. The smallest absolute Gasteiger partial charge is 0.369 e. The molecule has 5 rings (SSSR count). The maximum Gasteiger partial charge on any atom is 0.417 e. The zero-order chi connectivity index (χ0) is 27.3. The van der Waals surface area contributed by atoms with E-state index >= 15 is 0 Å². The van der Waals surface area contributed by atoms with E-state index in [-0.39, 0.29) is 42.0 Å². The van der Waals surface area contributed by atoms with Gasteiger partial charge in [-0.15, -0.1) is 0 Å². The molecule has 4 aliphatic carbocycles. The number of nitrogens with one attached hydrogen (secondary N) is 1.